The molecular weight excluding hydrogens is 304 g/mol. The molecule has 1 aliphatic rings. The van der Waals surface area contributed by atoms with E-state index in [0.29, 0.717) is 25.7 Å². The van der Waals surface area contributed by atoms with Crippen molar-refractivity contribution in [2.75, 3.05) is 5.75 Å². The number of sulfone groups is 1. The molecule has 1 aliphatic carbocycles. The van der Waals surface area contributed by atoms with Crippen molar-refractivity contribution in [2.45, 2.75) is 69.6 Å². The lowest BCUT2D eigenvalue weighted by Crippen LogP contribution is -2.63. The third-order valence-corrected chi connectivity index (χ3v) is 6.61. The fourth-order valence-electron chi connectivity index (χ4n) is 2.64. The van der Waals surface area contributed by atoms with E-state index < -0.39 is 38.1 Å². The molecule has 1 rings (SSSR count). The van der Waals surface area contributed by atoms with Gasteiger partial charge in [-0.15, -0.1) is 0 Å². The third kappa shape index (κ3) is 4.78. The summed E-state index contributed by atoms with van der Waals surface area (Å²) in [6.07, 6.45) is 4.41. The summed E-state index contributed by atoms with van der Waals surface area (Å²) in [6, 6.07) is 0. The Morgan fingerprint density at radius 1 is 1.18 bits per heavy atom. The molecule has 1 fully saturated rings. The van der Waals surface area contributed by atoms with Gasteiger partial charge in [0.1, 0.15) is 0 Å². The molecular formula is C15H28N2O4S. The molecule has 6 nitrogen and oxygen atoms in total. The molecule has 128 valence electrons. The summed E-state index contributed by atoms with van der Waals surface area (Å²) < 4.78 is 25.2. The first kappa shape index (κ1) is 19.1. The van der Waals surface area contributed by atoms with Crippen LogP contribution in [0.5, 0.6) is 0 Å². The van der Waals surface area contributed by atoms with Gasteiger partial charge in [-0.25, -0.2) is 8.42 Å². The van der Waals surface area contributed by atoms with Gasteiger partial charge in [-0.2, -0.15) is 0 Å². The Kier molecular flexibility index (Phi) is 6.55. The molecule has 0 aromatic heterocycles. The summed E-state index contributed by atoms with van der Waals surface area (Å²) in [5.74, 6) is -2.04. The van der Waals surface area contributed by atoms with E-state index in [9.17, 15) is 18.0 Å². The van der Waals surface area contributed by atoms with Gasteiger partial charge < -0.3 is 11.5 Å². The van der Waals surface area contributed by atoms with Crippen LogP contribution >= 0.6 is 0 Å². The average molecular weight is 332 g/mol. The van der Waals surface area contributed by atoms with Gasteiger partial charge >= 0.3 is 0 Å². The normalized spacial score (nSPS) is 18.2. The van der Waals surface area contributed by atoms with Crippen molar-refractivity contribution >= 4 is 21.5 Å². The van der Waals surface area contributed by atoms with Crippen molar-refractivity contribution in [1.29, 1.82) is 0 Å². The van der Waals surface area contributed by atoms with Crippen LogP contribution in [0.1, 0.15) is 58.8 Å². The molecule has 4 N–H and O–H groups in total. The zero-order chi connectivity index (χ0) is 17.0. The van der Waals surface area contributed by atoms with Crippen LogP contribution in [-0.4, -0.2) is 36.6 Å². The number of hydrogen-bond donors (Lipinski definition) is 2. The predicted octanol–water partition coefficient (Wildman–Crippen LogP) is 0.922. The van der Waals surface area contributed by atoms with Crippen LogP contribution < -0.4 is 11.5 Å². The average Bonchev–Trinajstić information content (AvgIpc) is 3.21. The first-order valence-corrected chi connectivity index (χ1v) is 9.72. The molecule has 0 spiro atoms. The topological polar surface area (TPSA) is 120 Å². The van der Waals surface area contributed by atoms with Crippen LogP contribution in [0.25, 0.3) is 0 Å². The number of Topliss-reactive ketones (excluding diaryl/α,β-unsaturated/α-hetero) is 1. The number of ketones is 1. The van der Waals surface area contributed by atoms with Crippen molar-refractivity contribution < 1.29 is 18.0 Å². The summed E-state index contributed by atoms with van der Waals surface area (Å²) in [5, 5.41) is -0.571. The fourth-order valence-corrected chi connectivity index (χ4v) is 5.00. The lowest BCUT2D eigenvalue weighted by Gasteiger charge is -2.27. The number of amides is 1. The van der Waals surface area contributed by atoms with E-state index in [1.54, 1.807) is 0 Å². The van der Waals surface area contributed by atoms with Gasteiger partial charge in [0.2, 0.25) is 5.91 Å². The molecule has 0 radical (unpaired) electrons. The second-order valence-electron chi connectivity index (χ2n) is 6.41. The standard InChI is InChI=1S/C15H28N2O4S/c1-3-5-12(6-4-2)22(20,21)10-15(17,14(16)19)13(18)9-11-7-8-11/h11-12H,3-10,17H2,1-2H3,(H2,16,19). The Bertz CT molecular complexity index is 508. The Morgan fingerprint density at radius 2 is 1.68 bits per heavy atom. The van der Waals surface area contributed by atoms with Crippen molar-refractivity contribution in [3.05, 3.63) is 0 Å². The van der Waals surface area contributed by atoms with Gasteiger partial charge in [0, 0.05) is 6.42 Å². The molecule has 0 bridgehead atoms. The highest BCUT2D eigenvalue weighted by Crippen LogP contribution is 2.34. The maximum absolute atomic E-state index is 12.6. The van der Waals surface area contributed by atoms with E-state index in [-0.39, 0.29) is 12.3 Å². The Labute approximate surface area is 132 Å². The lowest BCUT2D eigenvalue weighted by atomic mass is 9.93. The van der Waals surface area contributed by atoms with E-state index in [1.807, 2.05) is 13.8 Å². The molecule has 0 aromatic rings. The zero-order valence-corrected chi connectivity index (χ0v) is 14.3. The first-order valence-electron chi connectivity index (χ1n) is 8.01. The number of carbonyl (C=O) groups is 2. The van der Waals surface area contributed by atoms with Crippen LogP contribution in [0.3, 0.4) is 0 Å². The van der Waals surface area contributed by atoms with Gasteiger partial charge in [0.05, 0.1) is 11.0 Å². The van der Waals surface area contributed by atoms with E-state index in [0.717, 1.165) is 12.8 Å². The minimum atomic E-state index is -3.66. The summed E-state index contributed by atoms with van der Waals surface area (Å²) in [4.78, 5) is 24.0. The SMILES string of the molecule is CCCC(CCC)S(=O)(=O)CC(N)(C(N)=O)C(=O)CC1CC1. The largest absolute Gasteiger partial charge is 0.368 e. The zero-order valence-electron chi connectivity index (χ0n) is 13.5. The number of carbonyl (C=O) groups excluding carboxylic acids is 2. The molecule has 1 saturated carbocycles. The van der Waals surface area contributed by atoms with Crippen LogP contribution in [0.2, 0.25) is 0 Å². The lowest BCUT2D eigenvalue weighted by molar-refractivity contribution is -0.133. The number of primary amides is 1. The van der Waals surface area contributed by atoms with Gasteiger partial charge in [-0.3, -0.25) is 9.59 Å². The van der Waals surface area contributed by atoms with E-state index in [2.05, 4.69) is 0 Å². The molecule has 1 atom stereocenters. The summed E-state index contributed by atoms with van der Waals surface area (Å²) in [7, 11) is -3.66. The van der Waals surface area contributed by atoms with E-state index in [1.165, 1.54) is 0 Å². The highest BCUT2D eigenvalue weighted by Gasteiger charge is 2.46. The van der Waals surface area contributed by atoms with Crippen molar-refractivity contribution in [3.63, 3.8) is 0 Å². The Morgan fingerprint density at radius 3 is 2.05 bits per heavy atom. The van der Waals surface area contributed by atoms with Crippen LogP contribution in [0.15, 0.2) is 0 Å². The second-order valence-corrected chi connectivity index (χ2v) is 8.69. The first-order chi connectivity index (χ1) is 10.2. The molecule has 1 unspecified atom stereocenters. The summed E-state index contributed by atoms with van der Waals surface area (Å²) in [6.45, 7) is 3.81. The maximum Gasteiger partial charge on any atom is 0.246 e. The molecule has 22 heavy (non-hydrogen) atoms. The quantitative estimate of drug-likeness (QED) is 0.545. The van der Waals surface area contributed by atoms with Gasteiger partial charge in [-0.1, -0.05) is 26.7 Å². The van der Waals surface area contributed by atoms with E-state index in [4.69, 9.17) is 11.5 Å². The summed E-state index contributed by atoms with van der Waals surface area (Å²) in [5.41, 5.74) is 9.05. The maximum atomic E-state index is 12.6. The monoisotopic (exact) mass is 332 g/mol. The molecule has 0 heterocycles. The van der Waals surface area contributed by atoms with Crippen molar-refractivity contribution in [3.8, 4) is 0 Å². The fraction of sp³-hybridized carbons (Fsp3) is 0.867. The minimum absolute atomic E-state index is 0.140. The smallest absolute Gasteiger partial charge is 0.246 e. The Hall–Kier alpha value is -0.950. The van der Waals surface area contributed by atoms with Crippen LogP contribution in [0, 0.1) is 5.92 Å². The van der Waals surface area contributed by atoms with Gasteiger partial charge in [0.15, 0.2) is 21.2 Å². The molecule has 0 aliphatic heterocycles. The summed E-state index contributed by atoms with van der Waals surface area (Å²) >= 11 is 0. The number of hydrogen-bond acceptors (Lipinski definition) is 5. The van der Waals surface area contributed by atoms with Crippen molar-refractivity contribution in [2.24, 2.45) is 17.4 Å². The van der Waals surface area contributed by atoms with Gasteiger partial charge in [0.25, 0.3) is 0 Å². The third-order valence-electron chi connectivity index (χ3n) is 4.27. The predicted molar refractivity (Wildman–Crippen MR) is 85.9 cm³/mol. The highest BCUT2D eigenvalue weighted by molar-refractivity contribution is 7.92. The number of rotatable bonds is 11. The van der Waals surface area contributed by atoms with Crippen LogP contribution in [0.4, 0.5) is 0 Å². The van der Waals surface area contributed by atoms with Gasteiger partial charge in [-0.05, 0) is 31.6 Å². The number of nitrogens with two attached hydrogens (primary N) is 2. The molecule has 7 heteroatoms. The molecule has 0 saturated heterocycles. The van der Waals surface area contributed by atoms with Crippen molar-refractivity contribution in [1.82, 2.24) is 0 Å². The van der Waals surface area contributed by atoms with E-state index >= 15 is 0 Å². The molecule has 1 amide bonds. The minimum Gasteiger partial charge on any atom is -0.368 e. The highest BCUT2D eigenvalue weighted by atomic mass is 32.2. The molecule has 0 aromatic carbocycles. The Balaban J connectivity index is 2.95. The second kappa shape index (κ2) is 7.55. The van der Waals surface area contributed by atoms with Crippen LogP contribution in [-0.2, 0) is 19.4 Å².